The fourth-order valence-corrected chi connectivity index (χ4v) is 3.76. The molecule has 5 heteroatoms. The molecule has 1 fully saturated rings. The number of hydrogen-bond acceptors (Lipinski definition) is 3. The summed E-state index contributed by atoms with van der Waals surface area (Å²) >= 11 is 5.05. The third kappa shape index (κ3) is 2.95. The van der Waals surface area contributed by atoms with Gasteiger partial charge in [0.1, 0.15) is 0 Å². The molecule has 0 aliphatic carbocycles. The molecule has 1 aliphatic heterocycles. The minimum Gasteiger partial charge on any atom is -0.381 e. The maximum atomic E-state index is 12.4. The van der Waals surface area contributed by atoms with Gasteiger partial charge in [0.2, 0.25) is 0 Å². The molecule has 18 heavy (non-hydrogen) atoms. The summed E-state index contributed by atoms with van der Waals surface area (Å²) in [6.07, 6.45) is 2.64. The number of carbonyl (C=O) groups excluding carboxylic acids is 1. The smallest absolute Gasteiger partial charge is 0.262 e. The van der Waals surface area contributed by atoms with Crippen LogP contribution in [-0.2, 0) is 11.2 Å². The first kappa shape index (κ1) is 14.0. The van der Waals surface area contributed by atoms with Gasteiger partial charge in [0.25, 0.3) is 5.91 Å². The quantitative estimate of drug-likeness (QED) is 0.861. The molecule has 0 unspecified atom stereocenters. The monoisotopic (exact) mass is 331 g/mol. The lowest BCUT2D eigenvalue weighted by atomic mass is 9.92. The van der Waals surface area contributed by atoms with E-state index < -0.39 is 0 Å². The highest BCUT2D eigenvalue weighted by Gasteiger charge is 2.33. The van der Waals surface area contributed by atoms with E-state index in [1.165, 1.54) is 11.3 Å². The van der Waals surface area contributed by atoms with Gasteiger partial charge in [0, 0.05) is 18.5 Å². The van der Waals surface area contributed by atoms with E-state index in [1.807, 2.05) is 11.4 Å². The number of amides is 1. The molecule has 2 rings (SSSR count). The van der Waals surface area contributed by atoms with Gasteiger partial charge in [0.15, 0.2) is 0 Å². The molecular weight excluding hydrogens is 314 g/mol. The molecule has 0 radical (unpaired) electrons. The van der Waals surface area contributed by atoms with E-state index in [9.17, 15) is 4.79 Å². The van der Waals surface area contributed by atoms with Crippen LogP contribution in [0.15, 0.2) is 11.4 Å². The van der Waals surface area contributed by atoms with E-state index in [0.29, 0.717) is 0 Å². The first-order valence-electron chi connectivity index (χ1n) is 6.23. The lowest BCUT2D eigenvalue weighted by Crippen LogP contribution is -2.53. The molecule has 0 bridgehead atoms. The Hall–Kier alpha value is -0.390. The molecule has 1 N–H and O–H groups in total. The van der Waals surface area contributed by atoms with Gasteiger partial charge in [-0.2, -0.15) is 0 Å². The second-order valence-corrected chi connectivity index (χ2v) is 6.09. The molecule has 1 saturated heterocycles. The molecule has 1 amide bonds. The van der Waals surface area contributed by atoms with Crippen molar-refractivity contribution in [2.24, 2.45) is 0 Å². The van der Waals surface area contributed by atoms with Crippen molar-refractivity contribution in [2.45, 2.75) is 31.7 Å². The summed E-state index contributed by atoms with van der Waals surface area (Å²) in [7, 11) is 0. The predicted molar refractivity (Wildman–Crippen MR) is 77.7 cm³/mol. The van der Waals surface area contributed by atoms with Crippen LogP contribution in [0.25, 0.3) is 0 Å². The number of ether oxygens (including phenoxy) is 1. The summed E-state index contributed by atoms with van der Waals surface area (Å²) in [5.41, 5.74) is 0.985. The highest BCUT2D eigenvalue weighted by atomic mass is 79.9. The average Bonchev–Trinajstić information content (AvgIpc) is 2.88. The second-order valence-electron chi connectivity index (χ2n) is 4.61. The summed E-state index contributed by atoms with van der Waals surface area (Å²) in [4.78, 5) is 13.2. The number of rotatable bonds is 4. The number of halogens is 1. The Morgan fingerprint density at radius 1 is 1.56 bits per heavy atom. The van der Waals surface area contributed by atoms with Crippen LogP contribution >= 0.6 is 27.3 Å². The summed E-state index contributed by atoms with van der Waals surface area (Å²) in [6.45, 7) is 3.52. The molecule has 0 spiro atoms. The van der Waals surface area contributed by atoms with E-state index in [4.69, 9.17) is 4.74 Å². The summed E-state index contributed by atoms with van der Waals surface area (Å²) in [5.74, 6) is 0.0585. The number of carbonyl (C=O) groups is 1. The van der Waals surface area contributed by atoms with Gasteiger partial charge in [0.05, 0.1) is 10.4 Å². The predicted octanol–water partition coefficient (Wildman–Crippen LogP) is 2.98. The number of hydrogen-bond donors (Lipinski definition) is 1. The minimum atomic E-state index is -0.148. The molecule has 100 valence electrons. The van der Waals surface area contributed by atoms with Crippen molar-refractivity contribution in [3.8, 4) is 0 Å². The van der Waals surface area contributed by atoms with Crippen LogP contribution in [0.1, 0.15) is 35.0 Å². The summed E-state index contributed by atoms with van der Waals surface area (Å²) < 4.78 is 5.37. The maximum Gasteiger partial charge on any atom is 0.262 e. The Morgan fingerprint density at radius 3 is 2.89 bits per heavy atom. The van der Waals surface area contributed by atoms with Gasteiger partial charge < -0.3 is 10.1 Å². The third-order valence-electron chi connectivity index (χ3n) is 3.42. The maximum absolute atomic E-state index is 12.4. The molecule has 1 aromatic rings. The minimum absolute atomic E-state index is 0.0585. The SMILES string of the molecule is CCc1ccsc1C(=O)NC1(CBr)CCOCC1. The Balaban J connectivity index is 2.10. The largest absolute Gasteiger partial charge is 0.381 e. The van der Waals surface area contributed by atoms with Crippen molar-refractivity contribution in [3.63, 3.8) is 0 Å². The fourth-order valence-electron chi connectivity index (χ4n) is 2.17. The first-order valence-corrected chi connectivity index (χ1v) is 8.23. The Morgan fingerprint density at radius 2 is 2.28 bits per heavy atom. The Labute approximate surface area is 120 Å². The topological polar surface area (TPSA) is 38.3 Å². The van der Waals surface area contributed by atoms with Crippen molar-refractivity contribution in [2.75, 3.05) is 18.5 Å². The lowest BCUT2D eigenvalue weighted by molar-refractivity contribution is 0.0443. The third-order valence-corrected chi connectivity index (χ3v) is 5.45. The van der Waals surface area contributed by atoms with Gasteiger partial charge >= 0.3 is 0 Å². The van der Waals surface area contributed by atoms with Crippen molar-refractivity contribution in [1.82, 2.24) is 5.32 Å². The zero-order chi connectivity index (χ0) is 13.0. The van der Waals surface area contributed by atoms with Crippen molar-refractivity contribution < 1.29 is 9.53 Å². The van der Waals surface area contributed by atoms with Crippen LogP contribution in [0.4, 0.5) is 0 Å². The molecule has 0 atom stereocenters. The van der Waals surface area contributed by atoms with Crippen LogP contribution in [0.3, 0.4) is 0 Å². The van der Waals surface area contributed by atoms with E-state index in [-0.39, 0.29) is 11.4 Å². The standard InChI is InChI=1S/C13H18BrNO2S/c1-2-10-3-8-18-11(10)12(16)15-13(9-14)4-6-17-7-5-13/h3,8H,2,4-7,9H2,1H3,(H,15,16). The van der Waals surface area contributed by atoms with E-state index in [1.54, 1.807) is 0 Å². The van der Waals surface area contributed by atoms with Gasteiger partial charge in [-0.05, 0) is 36.3 Å². The molecule has 1 aliphatic rings. The zero-order valence-electron chi connectivity index (χ0n) is 10.5. The van der Waals surface area contributed by atoms with Crippen LogP contribution in [0.5, 0.6) is 0 Å². The van der Waals surface area contributed by atoms with Crippen LogP contribution < -0.4 is 5.32 Å². The van der Waals surface area contributed by atoms with Crippen LogP contribution in [-0.4, -0.2) is 30.0 Å². The Bertz CT molecular complexity index is 413. The second kappa shape index (κ2) is 6.17. The summed E-state index contributed by atoms with van der Waals surface area (Å²) in [5, 5.41) is 5.97. The molecule has 0 aromatic carbocycles. The highest BCUT2D eigenvalue weighted by molar-refractivity contribution is 9.09. The molecule has 0 saturated carbocycles. The molecule has 3 nitrogen and oxygen atoms in total. The normalized spacial score (nSPS) is 18.6. The highest BCUT2D eigenvalue weighted by Crippen LogP contribution is 2.25. The van der Waals surface area contributed by atoms with Crippen molar-refractivity contribution >= 4 is 33.2 Å². The number of aryl methyl sites for hydroxylation is 1. The van der Waals surface area contributed by atoms with E-state index in [2.05, 4.69) is 28.2 Å². The van der Waals surface area contributed by atoms with Gasteiger partial charge in [-0.15, -0.1) is 11.3 Å². The van der Waals surface area contributed by atoms with Crippen LogP contribution in [0, 0.1) is 0 Å². The number of alkyl halides is 1. The molecule has 2 heterocycles. The number of nitrogens with one attached hydrogen (secondary N) is 1. The van der Waals surface area contributed by atoms with Gasteiger partial charge in [-0.3, -0.25) is 4.79 Å². The fraction of sp³-hybridized carbons (Fsp3) is 0.615. The first-order chi connectivity index (χ1) is 8.71. The summed E-state index contributed by atoms with van der Waals surface area (Å²) in [6, 6.07) is 2.03. The molecule has 1 aromatic heterocycles. The van der Waals surface area contributed by atoms with E-state index >= 15 is 0 Å². The van der Waals surface area contributed by atoms with E-state index in [0.717, 1.165) is 48.2 Å². The number of thiophene rings is 1. The lowest BCUT2D eigenvalue weighted by Gasteiger charge is -2.36. The average molecular weight is 332 g/mol. The van der Waals surface area contributed by atoms with Gasteiger partial charge in [-0.1, -0.05) is 22.9 Å². The van der Waals surface area contributed by atoms with Gasteiger partial charge in [-0.25, -0.2) is 0 Å². The molecular formula is C13H18BrNO2S. The Kier molecular flexibility index (Phi) is 4.81. The zero-order valence-corrected chi connectivity index (χ0v) is 12.9. The van der Waals surface area contributed by atoms with Crippen LogP contribution in [0.2, 0.25) is 0 Å². The van der Waals surface area contributed by atoms with Crippen molar-refractivity contribution in [1.29, 1.82) is 0 Å². The van der Waals surface area contributed by atoms with Crippen molar-refractivity contribution in [3.05, 3.63) is 21.9 Å².